The summed E-state index contributed by atoms with van der Waals surface area (Å²) >= 11 is 3.39. The molecule has 0 fully saturated rings. The van der Waals surface area contributed by atoms with E-state index in [-0.39, 0.29) is 18.4 Å². The van der Waals surface area contributed by atoms with Crippen LogP contribution in [0.4, 0.5) is 0 Å². The first-order valence-corrected chi connectivity index (χ1v) is 10.8. The van der Waals surface area contributed by atoms with Crippen molar-refractivity contribution in [1.29, 1.82) is 0 Å². The minimum atomic E-state index is -0.165. The average molecular weight is 479 g/mol. The summed E-state index contributed by atoms with van der Waals surface area (Å²) in [6.45, 7) is 0.418. The second-order valence-electron chi connectivity index (χ2n) is 7.16. The Bertz CT molecular complexity index is 1150. The predicted octanol–water partition coefficient (Wildman–Crippen LogP) is 5.27. The molecule has 4 rings (SSSR count). The molecule has 6 heteroatoms. The number of H-pyrrole nitrogens is 1. The van der Waals surface area contributed by atoms with Crippen LogP contribution in [0, 0.1) is 0 Å². The van der Waals surface area contributed by atoms with Crippen molar-refractivity contribution < 1.29 is 14.3 Å². The molecule has 4 aromatic rings. The van der Waals surface area contributed by atoms with Gasteiger partial charge in [0.25, 0.3) is 5.91 Å². The number of amides is 1. The van der Waals surface area contributed by atoms with E-state index in [0.717, 1.165) is 32.3 Å². The van der Waals surface area contributed by atoms with Crippen LogP contribution in [-0.4, -0.2) is 31.2 Å². The fraction of sp³-hybridized carbons (Fsp3) is 0.160. The lowest BCUT2D eigenvalue weighted by atomic mass is 9.91. The van der Waals surface area contributed by atoms with Gasteiger partial charge < -0.3 is 19.8 Å². The van der Waals surface area contributed by atoms with E-state index >= 15 is 0 Å². The number of hydrogen-bond donors (Lipinski definition) is 2. The Morgan fingerprint density at radius 2 is 1.71 bits per heavy atom. The number of methoxy groups -OCH3 is 1. The minimum absolute atomic E-state index is 0.0151. The van der Waals surface area contributed by atoms with Crippen molar-refractivity contribution in [3.8, 4) is 11.5 Å². The van der Waals surface area contributed by atoms with E-state index in [1.54, 1.807) is 7.11 Å². The molecule has 1 aromatic heterocycles. The summed E-state index contributed by atoms with van der Waals surface area (Å²) in [4.78, 5) is 15.8. The summed E-state index contributed by atoms with van der Waals surface area (Å²) in [5.74, 6) is 1.27. The van der Waals surface area contributed by atoms with Gasteiger partial charge in [-0.1, -0.05) is 46.3 Å². The van der Waals surface area contributed by atoms with Gasteiger partial charge in [-0.15, -0.1) is 0 Å². The zero-order valence-corrected chi connectivity index (χ0v) is 18.7. The van der Waals surface area contributed by atoms with E-state index in [9.17, 15) is 4.79 Å². The maximum atomic E-state index is 12.5. The van der Waals surface area contributed by atoms with Crippen molar-refractivity contribution in [1.82, 2.24) is 10.3 Å². The zero-order valence-electron chi connectivity index (χ0n) is 17.1. The van der Waals surface area contributed by atoms with Gasteiger partial charge in [0.05, 0.1) is 7.11 Å². The van der Waals surface area contributed by atoms with E-state index < -0.39 is 0 Å². The van der Waals surface area contributed by atoms with Crippen LogP contribution in [0.2, 0.25) is 0 Å². The lowest BCUT2D eigenvalue weighted by Crippen LogP contribution is -2.32. The highest BCUT2D eigenvalue weighted by Crippen LogP contribution is 2.31. The van der Waals surface area contributed by atoms with Crippen LogP contribution in [-0.2, 0) is 4.79 Å². The van der Waals surface area contributed by atoms with E-state index in [2.05, 4.69) is 38.4 Å². The van der Waals surface area contributed by atoms with Crippen LogP contribution in [0.5, 0.6) is 11.5 Å². The van der Waals surface area contributed by atoms with Crippen molar-refractivity contribution in [2.75, 3.05) is 20.3 Å². The van der Waals surface area contributed by atoms with Gasteiger partial charge in [0.2, 0.25) is 0 Å². The zero-order chi connectivity index (χ0) is 21.6. The van der Waals surface area contributed by atoms with Crippen molar-refractivity contribution in [3.63, 3.8) is 0 Å². The maximum absolute atomic E-state index is 12.5. The van der Waals surface area contributed by atoms with Gasteiger partial charge in [-0.3, -0.25) is 4.79 Å². The summed E-state index contributed by atoms with van der Waals surface area (Å²) in [5.41, 5.74) is 3.30. The quantitative estimate of drug-likeness (QED) is 0.362. The van der Waals surface area contributed by atoms with Gasteiger partial charge in [0.1, 0.15) is 11.5 Å². The molecule has 31 heavy (non-hydrogen) atoms. The topological polar surface area (TPSA) is 63.4 Å². The molecular weight excluding hydrogens is 456 g/mol. The summed E-state index contributed by atoms with van der Waals surface area (Å²) in [6, 6.07) is 23.5. The Hall–Kier alpha value is -3.25. The first kappa shape index (κ1) is 21.0. The average Bonchev–Trinajstić information content (AvgIpc) is 3.23. The molecule has 0 saturated carbocycles. The third-order valence-corrected chi connectivity index (χ3v) is 5.73. The Balaban J connectivity index is 1.50. The van der Waals surface area contributed by atoms with Crippen LogP contribution in [0.1, 0.15) is 17.0 Å². The summed E-state index contributed by atoms with van der Waals surface area (Å²) in [5, 5.41) is 4.17. The number of hydrogen-bond acceptors (Lipinski definition) is 3. The number of benzene rings is 3. The van der Waals surface area contributed by atoms with Crippen molar-refractivity contribution in [3.05, 3.63) is 94.6 Å². The second kappa shape index (κ2) is 9.71. The number of carbonyl (C=O) groups excluding carboxylic acids is 1. The van der Waals surface area contributed by atoms with Crippen LogP contribution in [0.25, 0.3) is 10.9 Å². The highest BCUT2D eigenvalue weighted by Gasteiger charge is 2.19. The molecular formula is C25H23BrN2O3. The van der Waals surface area contributed by atoms with Crippen molar-refractivity contribution in [2.45, 2.75) is 5.92 Å². The van der Waals surface area contributed by atoms with Crippen LogP contribution in [0.3, 0.4) is 0 Å². The summed E-state index contributed by atoms with van der Waals surface area (Å²) in [7, 11) is 1.65. The Morgan fingerprint density at radius 1 is 1.00 bits per heavy atom. The lowest BCUT2D eigenvalue weighted by Gasteiger charge is -2.19. The SMILES string of the molecule is COc1ccc(C(CNC(=O)COc2ccc(Br)cc2)c2c[nH]c3ccccc23)cc1. The molecule has 0 aliphatic heterocycles. The second-order valence-corrected chi connectivity index (χ2v) is 8.08. The first-order valence-electron chi connectivity index (χ1n) is 9.99. The minimum Gasteiger partial charge on any atom is -0.497 e. The van der Waals surface area contributed by atoms with Gasteiger partial charge in [-0.25, -0.2) is 0 Å². The number of carbonyl (C=O) groups is 1. The third kappa shape index (κ3) is 5.09. The normalized spacial score (nSPS) is 11.8. The van der Waals surface area contributed by atoms with Gasteiger partial charge in [-0.2, -0.15) is 0 Å². The molecule has 0 aliphatic carbocycles. The Kier molecular flexibility index (Phi) is 6.57. The molecule has 0 bridgehead atoms. The number of fused-ring (bicyclic) bond motifs is 1. The molecule has 1 heterocycles. The molecule has 0 radical (unpaired) electrons. The number of ether oxygens (including phenoxy) is 2. The van der Waals surface area contributed by atoms with E-state index in [1.165, 1.54) is 0 Å². The fourth-order valence-electron chi connectivity index (χ4n) is 3.57. The molecule has 3 aromatic carbocycles. The van der Waals surface area contributed by atoms with Crippen LogP contribution in [0.15, 0.2) is 83.5 Å². The molecule has 0 saturated heterocycles. The lowest BCUT2D eigenvalue weighted by molar-refractivity contribution is -0.123. The van der Waals surface area contributed by atoms with E-state index in [1.807, 2.05) is 66.9 Å². The van der Waals surface area contributed by atoms with Crippen molar-refractivity contribution in [2.24, 2.45) is 0 Å². The van der Waals surface area contributed by atoms with E-state index in [0.29, 0.717) is 12.3 Å². The highest BCUT2D eigenvalue weighted by molar-refractivity contribution is 9.10. The standard InChI is InChI=1S/C25H23BrN2O3/c1-30-19-10-6-17(7-11-19)22(23-15-27-24-5-3-2-4-21(23)24)14-28-25(29)16-31-20-12-8-18(26)9-13-20/h2-13,15,22,27H,14,16H2,1H3,(H,28,29). The largest absolute Gasteiger partial charge is 0.497 e. The molecule has 1 amide bonds. The van der Waals surface area contributed by atoms with Crippen LogP contribution < -0.4 is 14.8 Å². The Morgan fingerprint density at radius 3 is 2.45 bits per heavy atom. The number of aromatic amines is 1. The van der Waals surface area contributed by atoms with E-state index in [4.69, 9.17) is 9.47 Å². The predicted molar refractivity (Wildman–Crippen MR) is 126 cm³/mol. The monoisotopic (exact) mass is 478 g/mol. The number of nitrogens with one attached hydrogen (secondary N) is 2. The van der Waals surface area contributed by atoms with Gasteiger partial charge in [0, 0.05) is 34.0 Å². The summed E-state index contributed by atoms with van der Waals surface area (Å²) < 4.78 is 11.9. The number of halogens is 1. The molecule has 5 nitrogen and oxygen atoms in total. The number of rotatable bonds is 8. The van der Waals surface area contributed by atoms with Crippen LogP contribution >= 0.6 is 15.9 Å². The van der Waals surface area contributed by atoms with Gasteiger partial charge in [0.15, 0.2) is 6.61 Å². The molecule has 2 N–H and O–H groups in total. The molecule has 1 unspecified atom stereocenters. The molecule has 0 spiro atoms. The van der Waals surface area contributed by atoms with Gasteiger partial charge >= 0.3 is 0 Å². The summed E-state index contributed by atoms with van der Waals surface area (Å²) in [6.07, 6.45) is 2.02. The molecule has 1 atom stereocenters. The first-order chi connectivity index (χ1) is 15.1. The molecule has 0 aliphatic rings. The molecule has 158 valence electrons. The van der Waals surface area contributed by atoms with Gasteiger partial charge in [-0.05, 0) is 53.6 Å². The highest BCUT2D eigenvalue weighted by atomic mass is 79.9. The smallest absolute Gasteiger partial charge is 0.257 e. The number of para-hydroxylation sites is 1. The fourth-order valence-corrected chi connectivity index (χ4v) is 3.84. The number of aromatic nitrogens is 1. The van der Waals surface area contributed by atoms with Crippen molar-refractivity contribution >= 4 is 32.7 Å². The maximum Gasteiger partial charge on any atom is 0.257 e. The third-order valence-electron chi connectivity index (χ3n) is 5.20. The Labute approximate surface area is 189 Å².